The zero-order chi connectivity index (χ0) is 15.6. The molecule has 23 heavy (non-hydrogen) atoms. The molecule has 1 aliphatic rings. The van der Waals surface area contributed by atoms with Gasteiger partial charge in [0.05, 0.1) is 5.25 Å². The van der Waals surface area contributed by atoms with Crippen molar-refractivity contribution in [2.75, 3.05) is 0 Å². The molecule has 0 N–H and O–H groups in total. The number of aromatic nitrogens is 3. The summed E-state index contributed by atoms with van der Waals surface area (Å²) in [5.41, 5.74) is 2.47. The van der Waals surface area contributed by atoms with E-state index in [1.165, 1.54) is 24.0 Å². The molecule has 116 valence electrons. The number of nitrogens with zero attached hydrogens (tertiary/aromatic N) is 3. The summed E-state index contributed by atoms with van der Waals surface area (Å²) in [4.78, 5) is 0. The summed E-state index contributed by atoms with van der Waals surface area (Å²) in [6.07, 6.45) is 4.30. The third-order valence-electron chi connectivity index (χ3n) is 3.98. The number of benzene rings is 2. The fraction of sp³-hybridized carbons (Fsp3) is 0.222. The first kappa shape index (κ1) is 14.8. The maximum Gasteiger partial charge on any atom is 0.192 e. The van der Waals surface area contributed by atoms with Crippen molar-refractivity contribution < 1.29 is 0 Å². The molecule has 0 bridgehead atoms. The predicted octanol–water partition coefficient (Wildman–Crippen LogP) is 5.15. The van der Waals surface area contributed by atoms with Gasteiger partial charge in [0.1, 0.15) is 6.33 Å². The van der Waals surface area contributed by atoms with Gasteiger partial charge in [-0.15, -0.1) is 10.2 Å². The molecule has 1 heterocycles. The molecule has 5 heteroatoms. The molecular weight excluding hydrogens is 326 g/mol. The molecule has 1 fully saturated rings. The van der Waals surface area contributed by atoms with E-state index in [-0.39, 0.29) is 5.25 Å². The first-order valence-electron chi connectivity index (χ1n) is 7.68. The maximum absolute atomic E-state index is 6.05. The van der Waals surface area contributed by atoms with E-state index in [1.54, 1.807) is 11.8 Å². The van der Waals surface area contributed by atoms with Crippen molar-refractivity contribution in [3.8, 4) is 0 Å². The molecule has 0 radical (unpaired) electrons. The van der Waals surface area contributed by atoms with Crippen LogP contribution >= 0.6 is 23.4 Å². The van der Waals surface area contributed by atoms with Crippen molar-refractivity contribution in [1.29, 1.82) is 0 Å². The van der Waals surface area contributed by atoms with Gasteiger partial charge in [-0.05, 0) is 36.1 Å². The lowest BCUT2D eigenvalue weighted by molar-refractivity contribution is 0.662. The topological polar surface area (TPSA) is 30.7 Å². The Labute approximate surface area is 144 Å². The highest BCUT2D eigenvalue weighted by Crippen LogP contribution is 2.43. The van der Waals surface area contributed by atoms with Gasteiger partial charge in [-0.1, -0.05) is 65.8 Å². The second-order valence-electron chi connectivity index (χ2n) is 5.71. The molecule has 2 aromatic carbocycles. The van der Waals surface area contributed by atoms with Crippen LogP contribution in [0.15, 0.2) is 66.1 Å². The van der Waals surface area contributed by atoms with Crippen LogP contribution in [0.25, 0.3) is 0 Å². The Morgan fingerprint density at radius 1 is 1.00 bits per heavy atom. The molecule has 0 amide bonds. The number of hydrogen-bond acceptors (Lipinski definition) is 3. The lowest BCUT2D eigenvalue weighted by Crippen LogP contribution is -2.01. The van der Waals surface area contributed by atoms with E-state index in [2.05, 4.69) is 51.2 Å². The minimum Gasteiger partial charge on any atom is -0.305 e. The van der Waals surface area contributed by atoms with Gasteiger partial charge < -0.3 is 4.57 Å². The van der Waals surface area contributed by atoms with Crippen molar-refractivity contribution in [3.63, 3.8) is 0 Å². The Hall–Kier alpha value is -1.78. The average Bonchev–Trinajstić information content (AvgIpc) is 3.33. The van der Waals surface area contributed by atoms with Crippen molar-refractivity contribution in [2.24, 2.45) is 0 Å². The van der Waals surface area contributed by atoms with Crippen LogP contribution in [0.5, 0.6) is 0 Å². The van der Waals surface area contributed by atoms with Crippen LogP contribution in [0.4, 0.5) is 0 Å². The lowest BCUT2D eigenvalue weighted by atomic mass is 10.0. The lowest BCUT2D eigenvalue weighted by Gasteiger charge is -2.17. The summed E-state index contributed by atoms with van der Waals surface area (Å²) in [6.45, 7) is 0. The summed E-state index contributed by atoms with van der Waals surface area (Å²) >= 11 is 7.80. The summed E-state index contributed by atoms with van der Waals surface area (Å²) < 4.78 is 2.20. The van der Waals surface area contributed by atoms with E-state index < -0.39 is 0 Å². The largest absolute Gasteiger partial charge is 0.305 e. The monoisotopic (exact) mass is 341 g/mol. The standard InChI is InChI=1S/C18H16ClN3S/c19-15-8-6-14(7-9-15)17(13-4-2-1-3-5-13)23-18-21-20-12-22(18)16-10-11-16/h1-9,12,16-17H,10-11H2. The molecule has 0 saturated heterocycles. The third-order valence-corrected chi connectivity index (χ3v) is 5.51. The van der Waals surface area contributed by atoms with E-state index in [1.807, 2.05) is 24.5 Å². The SMILES string of the molecule is Clc1ccc(C(Sc2nncn2C2CC2)c2ccccc2)cc1. The summed E-state index contributed by atoms with van der Waals surface area (Å²) in [5.74, 6) is 0. The molecule has 3 nitrogen and oxygen atoms in total. The molecule has 1 unspecified atom stereocenters. The Balaban J connectivity index is 1.70. The van der Waals surface area contributed by atoms with Crippen LogP contribution in [0, 0.1) is 0 Å². The van der Waals surface area contributed by atoms with Crippen molar-refractivity contribution in [3.05, 3.63) is 77.1 Å². The quantitative estimate of drug-likeness (QED) is 0.601. The van der Waals surface area contributed by atoms with Crippen LogP contribution in [-0.2, 0) is 0 Å². The van der Waals surface area contributed by atoms with Crippen molar-refractivity contribution >= 4 is 23.4 Å². The smallest absolute Gasteiger partial charge is 0.192 e. The van der Waals surface area contributed by atoms with E-state index in [4.69, 9.17) is 11.6 Å². The Morgan fingerprint density at radius 3 is 2.39 bits per heavy atom. The molecule has 4 rings (SSSR count). The minimum atomic E-state index is 0.176. The van der Waals surface area contributed by atoms with E-state index in [0.717, 1.165) is 10.2 Å². The zero-order valence-electron chi connectivity index (χ0n) is 12.5. The second kappa shape index (κ2) is 6.38. The van der Waals surface area contributed by atoms with Crippen LogP contribution in [0.1, 0.15) is 35.3 Å². The van der Waals surface area contributed by atoms with Crippen LogP contribution in [-0.4, -0.2) is 14.8 Å². The Kier molecular flexibility index (Phi) is 4.10. The van der Waals surface area contributed by atoms with Crippen molar-refractivity contribution in [2.45, 2.75) is 29.3 Å². The van der Waals surface area contributed by atoms with E-state index in [0.29, 0.717) is 6.04 Å². The zero-order valence-corrected chi connectivity index (χ0v) is 14.0. The predicted molar refractivity (Wildman–Crippen MR) is 93.9 cm³/mol. The maximum atomic E-state index is 6.05. The van der Waals surface area contributed by atoms with E-state index in [9.17, 15) is 0 Å². The van der Waals surface area contributed by atoms with Gasteiger partial charge >= 0.3 is 0 Å². The van der Waals surface area contributed by atoms with Gasteiger partial charge in [0.25, 0.3) is 0 Å². The molecule has 1 aromatic heterocycles. The molecule has 1 saturated carbocycles. The van der Waals surface area contributed by atoms with Crippen molar-refractivity contribution in [1.82, 2.24) is 14.8 Å². The number of halogens is 1. The molecule has 1 aliphatic carbocycles. The minimum absolute atomic E-state index is 0.176. The molecular formula is C18H16ClN3S. The number of hydrogen-bond donors (Lipinski definition) is 0. The highest BCUT2D eigenvalue weighted by Gasteiger charge is 2.28. The van der Waals surface area contributed by atoms with Gasteiger partial charge in [0.15, 0.2) is 5.16 Å². The fourth-order valence-corrected chi connectivity index (χ4v) is 3.95. The normalized spacial score (nSPS) is 15.5. The van der Waals surface area contributed by atoms with Crippen LogP contribution in [0.2, 0.25) is 5.02 Å². The molecule has 0 aliphatic heterocycles. The first-order chi connectivity index (χ1) is 11.3. The fourth-order valence-electron chi connectivity index (χ4n) is 2.62. The van der Waals surface area contributed by atoms with Gasteiger partial charge in [-0.3, -0.25) is 0 Å². The summed E-state index contributed by atoms with van der Waals surface area (Å²) in [7, 11) is 0. The highest BCUT2D eigenvalue weighted by molar-refractivity contribution is 7.99. The van der Waals surface area contributed by atoms with Crippen LogP contribution < -0.4 is 0 Å². The number of thioether (sulfide) groups is 1. The molecule has 1 atom stereocenters. The Bertz CT molecular complexity index is 782. The summed E-state index contributed by atoms with van der Waals surface area (Å²) in [5, 5.41) is 10.4. The highest BCUT2D eigenvalue weighted by atomic mass is 35.5. The third kappa shape index (κ3) is 3.28. The van der Waals surface area contributed by atoms with Gasteiger partial charge in [0.2, 0.25) is 0 Å². The Morgan fingerprint density at radius 2 is 1.70 bits per heavy atom. The van der Waals surface area contributed by atoms with E-state index >= 15 is 0 Å². The number of rotatable bonds is 5. The second-order valence-corrected chi connectivity index (χ2v) is 7.22. The first-order valence-corrected chi connectivity index (χ1v) is 8.93. The molecule has 3 aromatic rings. The van der Waals surface area contributed by atoms with Gasteiger partial charge in [-0.2, -0.15) is 0 Å². The summed E-state index contributed by atoms with van der Waals surface area (Å²) in [6, 6.07) is 19.1. The van der Waals surface area contributed by atoms with Crippen LogP contribution in [0.3, 0.4) is 0 Å². The van der Waals surface area contributed by atoms with Gasteiger partial charge in [0, 0.05) is 11.1 Å². The average molecular weight is 342 g/mol. The molecule has 0 spiro atoms. The van der Waals surface area contributed by atoms with Gasteiger partial charge in [-0.25, -0.2) is 0 Å².